The summed E-state index contributed by atoms with van der Waals surface area (Å²) < 4.78 is 5.37. The van der Waals surface area contributed by atoms with Gasteiger partial charge in [-0.2, -0.15) is 0 Å². The summed E-state index contributed by atoms with van der Waals surface area (Å²) in [5.74, 6) is 2.30. The zero-order chi connectivity index (χ0) is 17.6. The van der Waals surface area contributed by atoms with Crippen molar-refractivity contribution in [2.45, 2.75) is 13.8 Å². The second kappa shape index (κ2) is 8.47. The van der Waals surface area contributed by atoms with Crippen molar-refractivity contribution in [2.75, 3.05) is 50.0 Å². The summed E-state index contributed by atoms with van der Waals surface area (Å²) in [5.41, 5.74) is 2.06. The average molecular weight is 362 g/mol. The van der Waals surface area contributed by atoms with Gasteiger partial charge in [-0.15, -0.1) is 0 Å². The van der Waals surface area contributed by atoms with E-state index in [9.17, 15) is 0 Å². The summed E-state index contributed by atoms with van der Waals surface area (Å²) in [6.45, 7) is 9.36. The third-order valence-electron chi connectivity index (χ3n) is 4.14. The van der Waals surface area contributed by atoms with Crippen LogP contribution >= 0.6 is 11.6 Å². The Morgan fingerprint density at radius 2 is 1.88 bits per heavy atom. The van der Waals surface area contributed by atoms with Crippen LogP contribution in [0.25, 0.3) is 0 Å². The second-order valence-corrected chi connectivity index (χ2v) is 6.59. The van der Waals surface area contributed by atoms with E-state index in [1.807, 2.05) is 38.1 Å². The van der Waals surface area contributed by atoms with Gasteiger partial charge in [0.1, 0.15) is 17.5 Å². The Hall–Kier alpha value is -1.89. The summed E-state index contributed by atoms with van der Waals surface area (Å²) in [6, 6.07) is 7.69. The number of nitrogens with zero attached hydrogens (tertiary/aromatic N) is 3. The van der Waals surface area contributed by atoms with Crippen molar-refractivity contribution in [3.63, 3.8) is 0 Å². The van der Waals surface area contributed by atoms with Crippen molar-refractivity contribution in [1.82, 2.24) is 14.9 Å². The topological polar surface area (TPSA) is 62.3 Å². The van der Waals surface area contributed by atoms with Gasteiger partial charge < -0.3 is 15.4 Å². The van der Waals surface area contributed by atoms with Gasteiger partial charge in [-0.25, -0.2) is 9.97 Å². The molecule has 0 saturated carbocycles. The predicted octanol–water partition coefficient (Wildman–Crippen LogP) is 3.23. The highest BCUT2D eigenvalue weighted by atomic mass is 35.5. The third kappa shape index (κ3) is 5.29. The first-order chi connectivity index (χ1) is 12.1. The van der Waals surface area contributed by atoms with Crippen molar-refractivity contribution in [3.8, 4) is 0 Å². The summed E-state index contributed by atoms with van der Waals surface area (Å²) in [4.78, 5) is 11.3. The van der Waals surface area contributed by atoms with Crippen LogP contribution in [0.5, 0.6) is 0 Å². The molecule has 134 valence electrons. The van der Waals surface area contributed by atoms with E-state index in [-0.39, 0.29) is 0 Å². The van der Waals surface area contributed by atoms with E-state index in [1.54, 1.807) is 0 Å². The first-order valence-corrected chi connectivity index (χ1v) is 8.91. The van der Waals surface area contributed by atoms with Crippen molar-refractivity contribution < 1.29 is 4.74 Å². The number of morpholine rings is 1. The van der Waals surface area contributed by atoms with Crippen LogP contribution < -0.4 is 10.6 Å². The van der Waals surface area contributed by atoms with Gasteiger partial charge in [0.05, 0.1) is 13.2 Å². The first-order valence-electron chi connectivity index (χ1n) is 8.53. The molecule has 2 heterocycles. The average Bonchev–Trinajstić information content (AvgIpc) is 2.59. The quantitative estimate of drug-likeness (QED) is 0.823. The normalized spacial score (nSPS) is 15.2. The molecule has 2 N–H and O–H groups in total. The molecule has 0 amide bonds. The molecule has 2 aromatic rings. The van der Waals surface area contributed by atoms with Gasteiger partial charge in [-0.1, -0.05) is 17.7 Å². The molecule has 0 aliphatic carbocycles. The minimum absolute atomic E-state index is 0.697. The van der Waals surface area contributed by atoms with Crippen molar-refractivity contribution in [2.24, 2.45) is 0 Å². The second-order valence-electron chi connectivity index (χ2n) is 6.15. The van der Waals surface area contributed by atoms with Gasteiger partial charge in [0.25, 0.3) is 0 Å². The maximum absolute atomic E-state index is 6.09. The number of aryl methyl sites for hydroxylation is 2. The molecule has 1 fully saturated rings. The molecule has 1 aromatic heterocycles. The van der Waals surface area contributed by atoms with Crippen molar-refractivity contribution >= 4 is 28.9 Å². The van der Waals surface area contributed by atoms with E-state index < -0.39 is 0 Å². The highest BCUT2D eigenvalue weighted by Gasteiger charge is 2.10. The standard InChI is InChI=1S/C18H24ClN5O/c1-13-3-4-15(19)11-16(13)23-18-12-17(21-14(2)22-18)20-5-6-24-7-9-25-10-8-24/h3-4,11-12H,5-10H2,1-2H3,(H2,20,21,22,23). The highest BCUT2D eigenvalue weighted by Crippen LogP contribution is 2.24. The van der Waals surface area contributed by atoms with Gasteiger partial charge >= 0.3 is 0 Å². The van der Waals surface area contributed by atoms with Crippen LogP contribution in [0.2, 0.25) is 5.02 Å². The summed E-state index contributed by atoms with van der Waals surface area (Å²) in [5, 5.41) is 7.41. The van der Waals surface area contributed by atoms with Crippen LogP contribution in [0.15, 0.2) is 24.3 Å². The van der Waals surface area contributed by atoms with E-state index in [0.29, 0.717) is 5.02 Å². The van der Waals surface area contributed by atoms with Crippen molar-refractivity contribution in [1.29, 1.82) is 0 Å². The van der Waals surface area contributed by atoms with Crippen LogP contribution in [-0.2, 0) is 4.74 Å². The molecular formula is C18H24ClN5O. The molecule has 1 saturated heterocycles. The number of rotatable bonds is 6. The van der Waals surface area contributed by atoms with Gasteiger partial charge in [0.15, 0.2) is 0 Å². The van der Waals surface area contributed by atoms with E-state index in [2.05, 4.69) is 25.5 Å². The Balaban J connectivity index is 1.62. The number of benzene rings is 1. The van der Waals surface area contributed by atoms with Gasteiger partial charge in [-0.05, 0) is 31.5 Å². The molecule has 0 radical (unpaired) electrons. The third-order valence-corrected chi connectivity index (χ3v) is 4.37. The van der Waals surface area contributed by atoms with Crippen LogP contribution in [0.3, 0.4) is 0 Å². The van der Waals surface area contributed by atoms with Gasteiger partial charge in [0.2, 0.25) is 0 Å². The van der Waals surface area contributed by atoms with E-state index in [1.165, 1.54) is 0 Å². The van der Waals surface area contributed by atoms with E-state index >= 15 is 0 Å². The lowest BCUT2D eigenvalue weighted by atomic mass is 10.2. The number of nitrogens with one attached hydrogen (secondary N) is 2. The fourth-order valence-corrected chi connectivity index (χ4v) is 2.93. The van der Waals surface area contributed by atoms with E-state index in [0.717, 1.165) is 68.1 Å². The zero-order valence-electron chi connectivity index (χ0n) is 14.7. The minimum Gasteiger partial charge on any atom is -0.379 e. The molecule has 25 heavy (non-hydrogen) atoms. The SMILES string of the molecule is Cc1nc(NCCN2CCOCC2)cc(Nc2cc(Cl)ccc2C)n1. The minimum atomic E-state index is 0.697. The van der Waals surface area contributed by atoms with Crippen molar-refractivity contribution in [3.05, 3.63) is 40.7 Å². The molecule has 0 atom stereocenters. The van der Waals surface area contributed by atoms with Gasteiger partial charge in [0, 0.05) is 43.0 Å². The zero-order valence-corrected chi connectivity index (χ0v) is 15.4. The predicted molar refractivity (Wildman–Crippen MR) is 102 cm³/mol. The Kier molecular flexibility index (Phi) is 6.07. The lowest BCUT2D eigenvalue weighted by Gasteiger charge is -2.26. The molecule has 6 nitrogen and oxygen atoms in total. The van der Waals surface area contributed by atoms with Crippen LogP contribution in [-0.4, -0.2) is 54.3 Å². The fraction of sp³-hybridized carbons (Fsp3) is 0.444. The number of hydrogen-bond donors (Lipinski definition) is 2. The molecule has 1 aliphatic rings. The fourth-order valence-electron chi connectivity index (χ4n) is 2.76. The molecular weight excluding hydrogens is 338 g/mol. The summed E-state index contributed by atoms with van der Waals surface area (Å²) in [7, 11) is 0. The number of hydrogen-bond acceptors (Lipinski definition) is 6. The maximum Gasteiger partial charge on any atom is 0.136 e. The Morgan fingerprint density at radius 3 is 2.68 bits per heavy atom. The molecule has 1 aliphatic heterocycles. The van der Waals surface area contributed by atoms with E-state index in [4.69, 9.17) is 16.3 Å². The van der Waals surface area contributed by atoms with Crippen LogP contribution in [0.1, 0.15) is 11.4 Å². The Bertz CT molecular complexity index is 719. The Morgan fingerprint density at radius 1 is 1.12 bits per heavy atom. The summed E-state index contributed by atoms with van der Waals surface area (Å²) in [6.07, 6.45) is 0. The first kappa shape index (κ1) is 17.9. The summed E-state index contributed by atoms with van der Waals surface area (Å²) >= 11 is 6.09. The van der Waals surface area contributed by atoms with Crippen LogP contribution in [0.4, 0.5) is 17.3 Å². The number of aromatic nitrogens is 2. The Labute approximate surface area is 153 Å². The lowest BCUT2D eigenvalue weighted by molar-refractivity contribution is 0.0398. The largest absolute Gasteiger partial charge is 0.379 e. The molecule has 7 heteroatoms. The lowest BCUT2D eigenvalue weighted by Crippen LogP contribution is -2.39. The molecule has 0 bridgehead atoms. The molecule has 0 unspecified atom stereocenters. The molecule has 0 spiro atoms. The number of anilines is 3. The molecule has 3 rings (SSSR count). The highest BCUT2D eigenvalue weighted by molar-refractivity contribution is 6.30. The number of halogens is 1. The van der Waals surface area contributed by atoms with Gasteiger partial charge in [-0.3, -0.25) is 4.90 Å². The monoisotopic (exact) mass is 361 g/mol. The van der Waals surface area contributed by atoms with Crippen LogP contribution in [0, 0.1) is 13.8 Å². The molecule has 1 aromatic carbocycles. The smallest absolute Gasteiger partial charge is 0.136 e. The number of ether oxygens (including phenoxy) is 1. The maximum atomic E-state index is 6.09.